The second-order valence-corrected chi connectivity index (χ2v) is 7.32. The van der Waals surface area contributed by atoms with Crippen LogP contribution in [0.5, 0.6) is 0 Å². The average Bonchev–Trinajstić information content (AvgIpc) is 3.18. The smallest absolute Gasteiger partial charge is 0.275 e. The van der Waals surface area contributed by atoms with Gasteiger partial charge in [-0.15, -0.1) is 0 Å². The summed E-state index contributed by atoms with van der Waals surface area (Å²) in [7, 11) is 0. The first-order valence-corrected chi connectivity index (χ1v) is 9.67. The lowest BCUT2D eigenvalue weighted by atomic mass is 10.2. The van der Waals surface area contributed by atoms with Crippen LogP contribution in [0, 0.1) is 12.7 Å². The Bertz CT molecular complexity index is 1290. The fourth-order valence-corrected chi connectivity index (χ4v) is 3.68. The van der Waals surface area contributed by atoms with Gasteiger partial charge in [-0.05, 0) is 61.4 Å². The fraction of sp³-hybridized carbons (Fsp3) is 0.182. The number of nitrogens with one attached hydrogen (secondary N) is 1. The van der Waals surface area contributed by atoms with Gasteiger partial charge in [-0.3, -0.25) is 9.59 Å². The van der Waals surface area contributed by atoms with Crippen molar-refractivity contribution in [3.8, 4) is 0 Å². The monoisotopic (exact) mass is 411 g/mol. The van der Waals surface area contributed by atoms with Crippen molar-refractivity contribution in [1.82, 2.24) is 8.97 Å². The van der Waals surface area contributed by atoms with Crippen molar-refractivity contribution in [1.29, 1.82) is 0 Å². The molecule has 2 aromatic heterocycles. The number of carbonyl (C=O) groups is 1. The maximum Gasteiger partial charge on any atom is 0.275 e. The number of nitrogens with zero attached hydrogens (tertiary/aromatic N) is 2. The van der Waals surface area contributed by atoms with Gasteiger partial charge in [-0.2, -0.15) is 0 Å². The predicted molar refractivity (Wildman–Crippen MR) is 113 cm³/mol. The quantitative estimate of drug-likeness (QED) is 0.514. The molecular weight excluding hydrogens is 393 g/mol. The molecule has 0 aliphatic rings. The Hall–Kier alpha value is -3.12. The molecule has 2 heterocycles. The van der Waals surface area contributed by atoms with Crippen LogP contribution in [0.1, 0.15) is 18.4 Å². The van der Waals surface area contributed by atoms with E-state index < -0.39 is 5.82 Å². The summed E-state index contributed by atoms with van der Waals surface area (Å²) in [6.45, 7) is 2.15. The maximum atomic E-state index is 13.8. The fourth-order valence-electron chi connectivity index (χ4n) is 3.50. The number of hydrogen-bond donors (Lipinski definition) is 1. The van der Waals surface area contributed by atoms with Crippen molar-refractivity contribution >= 4 is 39.7 Å². The van der Waals surface area contributed by atoms with Gasteiger partial charge in [-0.25, -0.2) is 4.39 Å². The summed E-state index contributed by atoms with van der Waals surface area (Å²) < 4.78 is 17.1. The summed E-state index contributed by atoms with van der Waals surface area (Å²) >= 11 is 6.08. The van der Waals surface area contributed by atoms with Crippen molar-refractivity contribution in [3.05, 3.63) is 81.5 Å². The molecule has 0 aliphatic heterocycles. The molecule has 0 aliphatic carbocycles. The van der Waals surface area contributed by atoms with E-state index in [-0.39, 0.29) is 17.9 Å². The van der Waals surface area contributed by atoms with Gasteiger partial charge in [0.2, 0.25) is 5.91 Å². The van der Waals surface area contributed by atoms with Gasteiger partial charge in [-0.1, -0.05) is 17.7 Å². The number of hydrogen-bond acceptors (Lipinski definition) is 2. The van der Waals surface area contributed by atoms with E-state index in [1.165, 1.54) is 16.7 Å². The van der Waals surface area contributed by atoms with E-state index in [1.54, 1.807) is 47.0 Å². The highest BCUT2D eigenvalue weighted by Crippen LogP contribution is 2.23. The minimum Gasteiger partial charge on any atom is -0.326 e. The van der Waals surface area contributed by atoms with Gasteiger partial charge < -0.3 is 14.3 Å². The number of carbonyl (C=O) groups excluding carboxylic acids is 1. The molecule has 0 radical (unpaired) electrons. The lowest BCUT2D eigenvalue weighted by Crippen LogP contribution is -2.23. The van der Waals surface area contributed by atoms with Crippen LogP contribution in [0.2, 0.25) is 5.02 Å². The molecule has 29 heavy (non-hydrogen) atoms. The third-order valence-corrected chi connectivity index (χ3v) is 5.44. The summed E-state index contributed by atoms with van der Waals surface area (Å²) in [5, 5.41) is 3.44. The third kappa shape index (κ3) is 3.63. The molecule has 1 N–H and O–H groups in total. The topological polar surface area (TPSA) is 55.5 Å². The molecule has 0 spiro atoms. The number of rotatable bonds is 5. The highest BCUT2D eigenvalue weighted by molar-refractivity contribution is 6.31. The lowest BCUT2D eigenvalue weighted by molar-refractivity contribution is -0.116. The summed E-state index contributed by atoms with van der Waals surface area (Å²) in [5.74, 6) is -0.575. The van der Waals surface area contributed by atoms with Crippen molar-refractivity contribution in [2.24, 2.45) is 0 Å². The summed E-state index contributed by atoms with van der Waals surface area (Å²) in [6, 6.07) is 13.2. The zero-order chi connectivity index (χ0) is 20.5. The lowest BCUT2D eigenvalue weighted by Gasteiger charge is -2.13. The first kappa shape index (κ1) is 19.2. The minimum absolute atomic E-state index is 0.164. The normalized spacial score (nSPS) is 11.3. The van der Waals surface area contributed by atoms with Gasteiger partial charge in [0, 0.05) is 29.9 Å². The van der Waals surface area contributed by atoms with E-state index >= 15 is 0 Å². The molecule has 0 unspecified atom stereocenters. The van der Waals surface area contributed by atoms with Crippen molar-refractivity contribution in [2.75, 3.05) is 5.32 Å². The highest BCUT2D eigenvalue weighted by Gasteiger charge is 2.12. The number of amides is 1. The molecule has 0 saturated carbocycles. The van der Waals surface area contributed by atoms with Crippen LogP contribution >= 0.6 is 11.6 Å². The number of halogens is 2. The molecule has 5 nitrogen and oxygen atoms in total. The van der Waals surface area contributed by atoms with Crippen LogP contribution in [0.3, 0.4) is 0 Å². The van der Waals surface area contributed by atoms with Gasteiger partial charge in [0.1, 0.15) is 11.3 Å². The molecule has 4 rings (SSSR count). The predicted octanol–water partition coefficient (Wildman–Crippen LogP) is 4.77. The van der Waals surface area contributed by atoms with Crippen LogP contribution in [0.15, 0.2) is 59.5 Å². The zero-order valence-corrected chi connectivity index (χ0v) is 16.5. The summed E-state index contributed by atoms with van der Waals surface area (Å²) in [5.41, 5.74) is 3.03. The Morgan fingerprint density at radius 2 is 1.93 bits per heavy atom. The Kier molecular flexibility index (Phi) is 5.11. The Balaban J connectivity index is 1.55. The Morgan fingerprint density at radius 3 is 2.76 bits per heavy atom. The van der Waals surface area contributed by atoms with E-state index in [9.17, 15) is 14.0 Å². The highest BCUT2D eigenvalue weighted by atomic mass is 35.5. The number of anilines is 1. The van der Waals surface area contributed by atoms with Crippen LogP contribution in [0.4, 0.5) is 10.1 Å². The minimum atomic E-state index is -0.411. The van der Waals surface area contributed by atoms with Crippen molar-refractivity contribution in [3.63, 3.8) is 0 Å². The molecule has 148 valence electrons. The first-order chi connectivity index (χ1) is 14.0. The molecule has 7 heteroatoms. The summed E-state index contributed by atoms with van der Waals surface area (Å²) in [6.07, 6.45) is 2.44. The van der Waals surface area contributed by atoms with E-state index in [2.05, 4.69) is 5.32 Å². The van der Waals surface area contributed by atoms with Gasteiger partial charge >= 0.3 is 0 Å². The molecule has 0 saturated heterocycles. The number of benzene rings is 2. The average molecular weight is 412 g/mol. The standard InChI is InChI=1S/C22H19ClFN3O2/c1-14-16(23)5-2-6-17(14)25-21(28)8-4-12-27-20-13-15(24)9-10-18(20)26-11-3-7-19(26)22(27)29/h2-3,5-7,9-11,13H,4,8,12H2,1H3,(H,25,28). The molecule has 0 atom stereocenters. The van der Waals surface area contributed by atoms with E-state index in [1.807, 2.05) is 6.92 Å². The van der Waals surface area contributed by atoms with E-state index in [4.69, 9.17) is 11.6 Å². The van der Waals surface area contributed by atoms with Crippen LogP contribution in [-0.4, -0.2) is 14.9 Å². The summed E-state index contributed by atoms with van der Waals surface area (Å²) in [4.78, 5) is 25.2. The van der Waals surface area contributed by atoms with Gasteiger partial charge in [0.05, 0.1) is 11.0 Å². The third-order valence-electron chi connectivity index (χ3n) is 5.03. The molecule has 0 bridgehead atoms. The number of aromatic nitrogens is 2. The Morgan fingerprint density at radius 1 is 1.10 bits per heavy atom. The van der Waals surface area contributed by atoms with E-state index in [0.717, 1.165) is 11.1 Å². The number of fused-ring (bicyclic) bond motifs is 3. The van der Waals surface area contributed by atoms with E-state index in [0.29, 0.717) is 34.7 Å². The SMILES string of the molecule is Cc1c(Cl)cccc1NC(=O)CCCn1c(=O)c2cccn2c2ccc(F)cc21. The van der Waals surface area contributed by atoms with Gasteiger partial charge in [0.25, 0.3) is 5.56 Å². The second-order valence-electron chi connectivity index (χ2n) is 6.92. The van der Waals surface area contributed by atoms with Crippen LogP contribution < -0.4 is 10.9 Å². The van der Waals surface area contributed by atoms with Gasteiger partial charge in [0.15, 0.2) is 0 Å². The van der Waals surface area contributed by atoms with Crippen LogP contribution in [-0.2, 0) is 11.3 Å². The molecule has 2 aromatic carbocycles. The van der Waals surface area contributed by atoms with Crippen LogP contribution in [0.25, 0.3) is 16.6 Å². The molecule has 4 aromatic rings. The maximum absolute atomic E-state index is 13.8. The zero-order valence-electron chi connectivity index (χ0n) is 15.8. The number of aryl methyl sites for hydroxylation is 1. The second kappa shape index (κ2) is 7.72. The molecule has 0 fully saturated rings. The largest absolute Gasteiger partial charge is 0.326 e. The van der Waals surface area contributed by atoms with Crippen molar-refractivity contribution < 1.29 is 9.18 Å². The van der Waals surface area contributed by atoms with Crippen molar-refractivity contribution in [2.45, 2.75) is 26.3 Å². The Labute approximate surface area is 171 Å². The molecular formula is C22H19ClFN3O2. The first-order valence-electron chi connectivity index (χ1n) is 9.30. The molecule has 1 amide bonds.